The van der Waals surface area contributed by atoms with Crippen LogP contribution in [-0.4, -0.2) is 84.4 Å². The van der Waals surface area contributed by atoms with Crippen LogP contribution in [0.25, 0.3) is 0 Å². The summed E-state index contributed by atoms with van der Waals surface area (Å²) in [5.41, 5.74) is 0. The molecule has 0 aromatic heterocycles. The molecule has 0 spiro atoms. The molecule has 6 rings (SSSR count). The van der Waals surface area contributed by atoms with Gasteiger partial charge in [-0.15, -0.1) is 0 Å². The van der Waals surface area contributed by atoms with Gasteiger partial charge in [-0.2, -0.15) is 0 Å². The number of halogens is 2. The van der Waals surface area contributed by atoms with Crippen LogP contribution in [0, 0.1) is 29.6 Å². The first-order chi connectivity index (χ1) is 19.3. The number of nitrogens with one attached hydrogen (secondary N) is 3. The maximum atomic E-state index is 16.4. The average molecular weight is 564 g/mol. The van der Waals surface area contributed by atoms with Gasteiger partial charge in [0.1, 0.15) is 12.3 Å². The molecule has 12 atom stereocenters. The van der Waals surface area contributed by atoms with Crippen molar-refractivity contribution in [3.63, 3.8) is 0 Å². The highest BCUT2D eigenvalue weighted by Gasteiger charge is 2.57. The van der Waals surface area contributed by atoms with Gasteiger partial charge in [-0.1, -0.05) is 20.3 Å². The number of ether oxygens (including phenoxy) is 1. The fraction of sp³-hybridized carbons (Fsp3) is 0.903. The van der Waals surface area contributed by atoms with Crippen molar-refractivity contribution < 1.29 is 18.3 Å². The van der Waals surface area contributed by atoms with Gasteiger partial charge in [0.25, 0.3) is 0 Å². The average Bonchev–Trinajstić information content (AvgIpc) is 2.94. The lowest BCUT2D eigenvalue weighted by Gasteiger charge is -2.60. The highest BCUT2D eigenvalue weighted by Crippen LogP contribution is 2.44. The number of urea groups is 1. The molecule has 5 heterocycles. The Morgan fingerprint density at radius 2 is 1.88 bits per heavy atom. The zero-order valence-corrected chi connectivity index (χ0v) is 24.6. The molecular weight excluding hydrogens is 512 g/mol. The number of carbonyl (C=O) groups excluding carboxylic acids is 1. The Hall–Kier alpha value is -1.45. The van der Waals surface area contributed by atoms with E-state index in [1.807, 2.05) is 11.0 Å². The molecule has 7 nitrogen and oxygen atoms in total. The van der Waals surface area contributed by atoms with Crippen molar-refractivity contribution in [2.45, 2.75) is 127 Å². The van der Waals surface area contributed by atoms with Crippen LogP contribution in [0.4, 0.5) is 13.6 Å². The van der Waals surface area contributed by atoms with Crippen molar-refractivity contribution in [2.24, 2.45) is 29.6 Å². The van der Waals surface area contributed by atoms with Gasteiger partial charge in [0.2, 0.25) is 0 Å². The molecule has 6 aliphatic rings. The lowest BCUT2D eigenvalue weighted by atomic mass is 9.69. The predicted molar refractivity (Wildman–Crippen MR) is 152 cm³/mol. The number of hydrogen-bond acceptors (Lipinski definition) is 5. The molecule has 9 heteroatoms. The van der Waals surface area contributed by atoms with Crippen LogP contribution >= 0.6 is 0 Å². The van der Waals surface area contributed by atoms with Crippen molar-refractivity contribution in [3.8, 4) is 0 Å². The Kier molecular flexibility index (Phi) is 8.63. The molecule has 0 aromatic rings. The normalized spacial score (nSPS) is 47.5. The third kappa shape index (κ3) is 5.28. The predicted octanol–water partition coefficient (Wildman–Crippen LogP) is 4.55. The third-order valence-electron chi connectivity index (χ3n) is 11.2. The number of rotatable bonds is 2. The van der Waals surface area contributed by atoms with Gasteiger partial charge < -0.3 is 20.3 Å². The Bertz CT molecular complexity index is 922. The zero-order chi connectivity index (χ0) is 28.0. The minimum absolute atomic E-state index is 0.0538. The summed E-state index contributed by atoms with van der Waals surface area (Å²) in [7, 11) is 0. The second-order valence-corrected chi connectivity index (χ2v) is 13.9. The Balaban J connectivity index is 1.42. The van der Waals surface area contributed by atoms with Crippen LogP contribution < -0.4 is 16.0 Å². The maximum Gasteiger partial charge on any atom is 0.320 e. The minimum atomic E-state index is -1.18. The summed E-state index contributed by atoms with van der Waals surface area (Å²) in [4.78, 5) is 18.8. The van der Waals surface area contributed by atoms with Crippen LogP contribution in [0.5, 0.6) is 0 Å². The van der Waals surface area contributed by atoms with Gasteiger partial charge in [-0.05, 0) is 88.7 Å². The molecule has 11 unspecified atom stereocenters. The molecule has 1 aliphatic carbocycles. The molecule has 0 aromatic carbocycles. The quantitative estimate of drug-likeness (QED) is 0.460. The van der Waals surface area contributed by atoms with Gasteiger partial charge in [-0.3, -0.25) is 10.2 Å². The van der Waals surface area contributed by atoms with E-state index in [-0.39, 0.29) is 48.2 Å². The van der Waals surface area contributed by atoms with E-state index in [1.165, 1.54) is 6.42 Å². The van der Waals surface area contributed by atoms with Gasteiger partial charge in [0, 0.05) is 36.5 Å². The molecule has 4 saturated heterocycles. The van der Waals surface area contributed by atoms with E-state index in [0.29, 0.717) is 31.4 Å². The summed E-state index contributed by atoms with van der Waals surface area (Å²) in [5, 5.41) is 10.8. The van der Waals surface area contributed by atoms with Crippen molar-refractivity contribution in [3.05, 3.63) is 12.3 Å². The van der Waals surface area contributed by atoms with Crippen LogP contribution in [0.3, 0.4) is 0 Å². The fourth-order valence-corrected chi connectivity index (χ4v) is 9.25. The van der Waals surface area contributed by atoms with E-state index in [9.17, 15) is 4.79 Å². The van der Waals surface area contributed by atoms with Gasteiger partial charge in [0.15, 0.2) is 0 Å². The summed E-state index contributed by atoms with van der Waals surface area (Å²) in [5.74, 6) is -0.0728. The van der Waals surface area contributed by atoms with Crippen molar-refractivity contribution in [1.29, 1.82) is 0 Å². The van der Waals surface area contributed by atoms with E-state index < -0.39 is 24.3 Å². The third-order valence-corrected chi connectivity index (χ3v) is 11.2. The largest absolute Gasteiger partial charge is 0.502 e. The summed E-state index contributed by atoms with van der Waals surface area (Å²) in [6.45, 7) is 9.06. The number of nitrogens with zero attached hydrogens (tertiary/aromatic N) is 2. The van der Waals surface area contributed by atoms with E-state index in [1.54, 1.807) is 6.26 Å². The van der Waals surface area contributed by atoms with Crippen molar-refractivity contribution >= 4 is 6.03 Å². The Morgan fingerprint density at radius 1 is 1.02 bits per heavy atom. The summed E-state index contributed by atoms with van der Waals surface area (Å²) >= 11 is 0. The van der Waals surface area contributed by atoms with Crippen LogP contribution in [-0.2, 0) is 4.74 Å². The number of piperidine rings is 3. The Labute approximate surface area is 239 Å². The standard InChI is InChI=1S/C31H51F2N5O2/c1-18(2)26-28-21(10-13-34-26)12-16-40-15-11-20-8-6-9-23(32)25(20)27-24(33)17-22-29(37-14-5-4-7-19(37)3)36-31(39)38(28)30(22)35-27/h11,15,18-30,34-35H,4-10,12-14,16-17H2,1-3H3,(H,36,39)/b15-11+/t19-,20?,21?,22?,23?,24?,25?,26?,27?,28?,29?,30?/m0/s1. The molecule has 2 bridgehead atoms. The van der Waals surface area contributed by atoms with E-state index in [2.05, 4.69) is 41.6 Å². The molecule has 2 amide bonds. The second kappa shape index (κ2) is 12.0. The first-order valence-corrected chi connectivity index (χ1v) is 16.3. The monoisotopic (exact) mass is 563 g/mol. The van der Waals surface area contributed by atoms with Crippen molar-refractivity contribution in [1.82, 2.24) is 25.8 Å². The SMILES string of the molecule is CC(C)C1NCCC2CCO/C=C/C3CCCC(F)C3C3NC4C(CC3F)C(N3CCCC[C@@H]3C)NC(=O)N4C21. The number of hydrogen-bond donors (Lipinski definition) is 3. The molecule has 1 saturated carbocycles. The van der Waals surface area contributed by atoms with Crippen LogP contribution in [0.2, 0.25) is 0 Å². The minimum Gasteiger partial charge on any atom is -0.502 e. The lowest BCUT2D eigenvalue weighted by Crippen LogP contribution is -2.79. The summed E-state index contributed by atoms with van der Waals surface area (Å²) < 4.78 is 38.1. The topological polar surface area (TPSA) is 68.9 Å². The van der Waals surface area contributed by atoms with E-state index in [0.717, 1.165) is 51.6 Å². The highest BCUT2D eigenvalue weighted by atomic mass is 19.1. The highest BCUT2D eigenvalue weighted by molar-refractivity contribution is 5.76. The molecular formula is C31H51F2N5O2. The van der Waals surface area contributed by atoms with Crippen LogP contribution in [0.15, 0.2) is 12.3 Å². The first kappa shape index (κ1) is 28.7. The fourth-order valence-electron chi connectivity index (χ4n) is 9.25. The van der Waals surface area contributed by atoms with Crippen LogP contribution in [0.1, 0.15) is 78.6 Å². The van der Waals surface area contributed by atoms with Gasteiger partial charge in [-0.25, -0.2) is 13.6 Å². The van der Waals surface area contributed by atoms with Gasteiger partial charge in [0.05, 0.1) is 31.2 Å². The molecule has 0 radical (unpaired) electrons. The maximum absolute atomic E-state index is 16.4. The molecule has 5 fully saturated rings. The summed E-state index contributed by atoms with van der Waals surface area (Å²) in [6.07, 6.45) is 8.57. The molecule has 3 N–H and O–H groups in total. The molecule has 226 valence electrons. The van der Waals surface area contributed by atoms with Crippen molar-refractivity contribution in [2.75, 3.05) is 19.7 Å². The Morgan fingerprint density at radius 3 is 2.67 bits per heavy atom. The first-order valence-electron chi connectivity index (χ1n) is 16.3. The van der Waals surface area contributed by atoms with E-state index >= 15 is 8.78 Å². The number of fused-ring (bicyclic) bond motifs is 5. The van der Waals surface area contributed by atoms with E-state index in [4.69, 9.17) is 4.74 Å². The molecule has 40 heavy (non-hydrogen) atoms. The second-order valence-electron chi connectivity index (χ2n) is 13.9. The lowest BCUT2D eigenvalue weighted by molar-refractivity contribution is -0.0938. The number of amides is 2. The smallest absolute Gasteiger partial charge is 0.320 e. The summed E-state index contributed by atoms with van der Waals surface area (Å²) in [6, 6.07) is -0.295. The number of likely N-dealkylation sites (tertiary alicyclic amines) is 1. The number of alkyl halides is 2. The number of allylic oxidation sites excluding steroid dienone is 1. The molecule has 5 aliphatic heterocycles. The zero-order valence-electron chi connectivity index (χ0n) is 24.6. The van der Waals surface area contributed by atoms with Gasteiger partial charge >= 0.3 is 6.03 Å². The number of carbonyl (C=O) groups is 1.